The van der Waals surface area contributed by atoms with Gasteiger partial charge in [0.25, 0.3) is 0 Å². The highest BCUT2D eigenvalue weighted by Crippen LogP contribution is 2.50. The largest absolute Gasteiger partial charge is 0.357 e. The number of halogens is 2. The van der Waals surface area contributed by atoms with Crippen molar-refractivity contribution in [3.8, 4) is 0 Å². The quantitative estimate of drug-likeness (QED) is 0.565. The fourth-order valence-electron chi connectivity index (χ4n) is 4.57. The van der Waals surface area contributed by atoms with Gasteiger partial charge in [0.2, 0.25) is 5.91 Å². The summed E-state index contributed by atoms with van der Waals surface area (Å²) in [7, 11) is 0. The number of hydrogen-bond acceptors (Lipinski definition) is 4. The van der Waals surface area contributed by atoms with Crippen LogP contribution in [0.5, 0.6) is 0 Å². The minimum atomic E-state index is -0.782. The Morgan fingerprint density at radius 1 is 1.19 bits per heavy atom. The van der Waals surface area contributed by atoms with E-state index >= 15 is 0 Å². The normalized spacial score (nSPS) is 19.8. The Morgan fingerprint density at radius 2 is 1.94 bits per heavy atom. The van der Waals surface area contributed by atoms with Crippen molar-refractivity contribution in [3.05, 3.63) is 68.8 Å². The van der Waals surface area contributed by atoms with Crippen LogP contribution < -0.4 is 10.2 Å². The van der Waals surface area contributed by atoms with Gasteiger partial charge in [0.15, 0.2) is 12.1 Å². The maximum Gasteiger partial charge on any atom is 0.224 e. The number of amides is 1. The van der Waals surface area contributed by atoms with Gasteiger partial charge in [-0.05, 0) is 41.7 Å². The first-order chi connectivity index (χ1) is 14.6. The van der Waals surface area contributed by atoms with Crippen LogP contribution in [0.2, 0.25) is 10.0 Å². The monoisotopic (exact) mass is 456 g/mol. The standard InChI is InChI=1S/C24H22Cl2N2O3/c1-13(30)28-22-14(12-29)5-4-6-18(22)27-19-10-24(2,3)11-20(31)21(19)23(28)16-8-7-15(25)9-17(16)26/h4-9,12,23,27H,10-11H2,1-3H3. The molecule has 31 heavy (non-hydrogen) atoms. The Bertz CT molecular complexity index is 1150. The van der Waals surface area contributed by atoms with Crippen molar-refractivity contribution in [3.63, 3.8) is 0 Å². The van der Waals surface area contributed by atoms with E-state index in [1.54, 1.807) is 36.4 Å². The molecular weight excluding hydrogens is 435 g/mol. The highest BCUT2D eigenvalue weighted by molar-refractivity contribution is 6.35. The Labute approximate surface area is 191 Å². The first kappa shape index (κ1) is 21.6. The van der Waals surface area contributed by atoms with E-state index in [4.69, 9.17) is 23.2 Å². The van der Waals surface area contributed by atoms with E-state index < -0.39 is 6.04 Å². The lowest BCUT2D eigenvalue weighted by Gasteiger charge is -2.37. The fraction of sp³-hybridized carbons (Fsp3) is 0.292. The number of benzene rings is 2. The number of allylic oxidation sites excluding steroid dienone is 1. The number of carbonyl (C=O) groups excluding carboxylic acids is 3. The number of Topliss-reactive ketones (excluding diaryl/α,β-unsaturated/α-hetero) is 1. The molecule has 5 nitrogen and oxygen atoms in total. The zero-order chi connectivity index (χ0) is 22.5. The van der Waals surface area contributed by atoms with Gasteiger partial charge in [-0.15, -0.1) is 0 Å². The summed E-state index contributed by atoms with van der Waals surface area (Å²) in [4.78, 5) is 39.9. The highest BCUT2D eigenvalue weighted by atomic mass is 35.5. The van der Waals surface area contributed by atoms with Crippen molar-refractivity contribution in [2.75, 3.05) is 10.2 Å². The molecule has 1 aliphatic carbocycles. The van der Waals surface area contributed by atoms with E-state index in [1.807, 2.05) is 13.8 Å². The molecule has 2 aliphatic rings. The van der Waals surface area contributed by atoms with E-state index in [0.717, 1.165) is 5.70 Å². The minimum Gasteiger partial charge on any atom is -0.357 e. The molecule has 0 spiro atoms. The van der Waals surface area contributed by atoms with Gasteiger partial charge < -0.3 is 5.32 Å². The Hall–Kier alpha value is -2.63. The number of hydrogen-bond donors (Lipinski definition) is 1. The minimum absolute atomic E-state index is 0.0542. The SMILES string of the molecule is CC(=O)N1c2c(C=O)cccc2NC2=C(C(=O)CC(C)(C)C2)C1c1ccc(Cl)cc1Cl. The van der Waals surface area contributed by atoms with Gasteiger partial charge in [-0.1, -0.05) is 49.2 Å². The van der Waals surface area contributed by atoms with Crippen molar-refractivity contribution in [2.24, 2.45) is 5.41 Å². The molecule has 160 valence electrons. The summed E-state index contributed by atoms with van der Waals surface area (Å²) in [6.45, 7) is 5.50. The van der Waals surface area contributed by atoms with Gasteiger partial charge in [0.1, 0.15) is 0 Å². The van der Waals surface area contributed by atoms with Crippen LogP contribution in [-0.4, -0.2) is 18.0 Å². The van der Waals surface area contributed by atoms with Crippen LogP contribution in [0.1, 0.15) is 55.6 Å². The summed E-state index contributed by atoms with van der Waals surface area (Å²) < 4.78 is 0. The molecular formula is C24H22Cl2N2O3. The fourth-order valence-corrected chi connectivity index (χ4v) is 5.08. The number of para-hydroxylation sites is 1. The Balaban J connectivity index is 2.08. The first-order valence-corrected chi connectivity index (χ1v) is 10.7. The van der Waals surface area contributed by atoms with Crippen LogP contribution in [0, 0.1) is 5.41 Å². The maximum absolute atomic E-state index is 13.5. The number of nitrogens with one attached hydrogen (secondary N) is 1. The zero-order valence-electron chi connectivity index (χ0n) is 17.5. The molecule has 1 aliphatic heterocycles. The lowest BCUT2D eigenvalue weighted by Crippen LogP contribution is -2.39. The molecule has 1 N–H and O–H groups in total. The molecule has 0 radical (unpaired) electrons. The van der Waals surface area contributed by atoms with E-state index in [9.17, 15) is 14.4 Å². The summed E-state index contributed by atoms with van der Waals surface area (Å²) in [5.41, 5.74) is 2.95. The molecule has 7 heteroatoms. The number of carbonyl (C=O) groups is 3. The van der Waals surface area contributed by atoms with Crippen molar-refractivity contribution < 1.29 is 14.4 Å². The molecule has 1 atom stereocenters. The first-order valence-electron chi connectivity index (χ1n) is 9.99. The van der Waals surface area contributed by atoms with Crippen LogP contribution in [0.4, 0.5) is 11.4 Å². The molecule has 1 amide bonds. The van der Waals surface area contributed by atoms with Gasteiger partial charge in [-0.3, -0.25) is 19.3 Å². The highest BCUT2D eigenvalue weighted by Gasteiger charge is 2.43. The zero-order valence-corrected chi connectivity index (χ0v) is 19.0. The molecule has 0 bridgehead atoms. The summed E-state index contributed by atoms with van der Waals surface area (Å²) in [6, 6.07) is 9.44. The summed E-state index contributed by atoms with van der Waals surface area (Å²) in [5.74, 6) is -0.360. The average Bonchev–Trinajstić information content (AvgIpc) is 2.81. The molecule has 4 rings (SSSR count). The topological polar surface area (TPSA) is 66.5 Å². The second-order valence-electron chi connectivity index (χ2n) is 8.78. The number of anilines is 2. The average molecular weight is 457 g/mol. The third-order valence-corrected chi connectivity index (χ3v) is 6.33. The maximum atomic E-state index is 13.5. The Morgan fingerprint density at radius 3 is 2.58 bits per heavy atom. The van der Waals surface area contributed by atoms with Crippen LogP contribution in [0.3, 0.4) is 0 Å². The van der Waals surface area contributed by atoms with E-state index in [1.165, 1.54) is 11.8 Å². The summed E-state index contributed by atoms with van der Waals surface area (Å²) in [6.07, 6.45) is 1.68. The smallest absolute Gasteiger partial charge is 0.224 e. The molecule has 1 heterocycles. The molecule has 2 aromatic carbocycles. The molecule has 0 fully saturated rings. The van der Waals surface area contributed by atoms with Crippen LogP contribution in [-0.2, 0) is 9.59 Å². The summed E-state index contributed by atoms with van der Waals surface area (Å²) >= 11 is 12.7. The van der Waals surface area contributed by atoms with Crippen molar-refractivity contribution in [1.29, 1.82) is 0 Å². The number of ketones is 1. The van der Waals surface area contributed by atoms with Gasteiger partial charge >= 0.3 is 0 Å². The van der Waals surface area contributed by atoms with Crippen LogP contribution in [0.15, 0.2) is 47.7 Å². The van der Waals surface area contributed by atoms with Gasteiger partial charge in [-0.2, -0.15) is 0 Å². The Kier molecular flexibility index (Phi) is 5.44. The third kappa shape index (κ3) is 3.77. The lowest BCUT2D eigenvalue weighted by atomic mass is 9.73. The van der Waals surface area contributed by atoms with Crippen LogP contribution in [0.25, 0.3) is 0 Å². The summed E-state index contributed by atoms with van der Waals surface area (Å²) in [5, 5.41) is 4.17. The predicted molar refractivity (Wildman–Crippen MR) is 123 cm³/mol. The number of aldehydes is 1. The van der Waals surface area contributed by atoms with E-state index in [-0.39, 0.29) is 17.1 Å². The van der Waals surface area contributed by atoms with Gasteiger partial charge in [-0.25, -0.2) is 0 Å². The second kappa shape index (κ2) is 7.81. The third-order valence-electron chi connectivity index (χ3n) is 5.77. The molecule has 0 saturated carbocycles. The van der Waals surface area contributed by atoms with Crippen molar-refractivity contribution >= 4 is 52.6 Å². The molecule has 1 unspecified atom stereocenters. The number of fused-ring (bicyclic) bond motifs is 1. The number of nitrogens with zero attached hydrogens (tertiary/aromatic N) is 1. The van der Waals surface area contributed by atoms with Gasteiger partial charge in [0, 0.05) is 40.2 Å². The molecule has 2 aromatic rings. The van der Waals surface area contributed by atoms with Gasteiger partial charge in [0.05, 0.1) is 17.4 Å². The van der Waals surface area contributed by atoms with Crippen molar-refractivity contribution in [2.45, 2.75) is 39.7 Å². The van der Waals surface area contributed by atoms with E-state index in [2.05, 4.69) is 5.32 Å². The number of rotatable bonds is 2. The molecule has 0 saturated heterocycles. The predicted octanol–water partition coefficient (Wildman–Crippen LogP) is 5.97. The van der Waals surface area contributed by atoms with Crippen molar-refractivity contribution in [1.82, 2.24) is 0 Å². The lowest BCUT2D eigenvalue weighted by molar-refractivity contribution is -0.118. The second-order valence-corrected chi connectivity index (χ2v) is 9.62. The molecule has 0 aromatic heterocycles. The van der Waals surface area contributed by atoms with E-state index in [0.29, 0.717) is 57.2 Å². The van der Waals surface area contributed by atoms with Crippen LogP contribution >= 0.6 is 23.2 Å².